The lowest BCUT2D eigenvalue weighted by molar-refractivity contribution is -0.126. The minimum absolute atomic E-state index is 0.117. The van der Waals surface area contributed by atoms with Crippen molar-refractivity contribution in [1.82, 2.24) is 5.32 Å². The van der Waals surface area contributed by atoms with E-state index in [1.54, 1.807) is 12.0 Å². The number of amides is 2. The first-order valence-corrected chi connectivity index (χ1v) is 8.24. The summed E-state index contributed by atoms with van der Waals surface area (Å²) >= 11 is 0. The third-order valence-electron chi connectivity index (χ3n) is 4.58. The van der Waals surface area contributed by atoms with Gasteiger partial charge in [-0.2, -0.15) is 0 Å². The molecule has 0 unspecified atom stereocenters. The first kappa shape index (κ1) is 17.0. The molecule has 1 heterocycles. The van der Waals surface area contributed by atoms with Gasteiger partial charge in [0, 0.05) is 18.1 Å². The summed E-state index contributed by atoms with van der Waals surface area (Å²) < 4.78 is 5.42. The third kappa shape index (κ3) is 2.97. The molecule has 25 heavy (non-hydrogen) atoms. The topological polar surface area (TPSA) is 58.6 Å². The number of hydrogen-bond donors (Lipinski definition) is 1. The second-order valence-electron chi connectivity index (χ2n) is 6.33. The Balaban J connectivity index is 2.08. The molecule has 130 valence electrons. The van der Waals surface area contributed by atoms with Gasteiger partial charge in [-0.05, 0) is 31.0 Å². The average Bonchev–Trinajstić information content (AvgIpc) is 2.85. The van der Waals surface area contributed by atoms with Crippen molar-refractivity contribution in [3.05, 3.63) is 58.7 Å². The van der Waals surface area contributed by atoms with E-state index in [1.165, 1.54) is 6.92 Å². The van der Waals surface area contributed by atoms with E-state index >= 15 is 0 Å². The van der Waals surface area contributed by atoms with Crippen molar-refractivity contribution in [1.29, 1.82) is 0 Å². The highest BCUT2D eigenvalue weighted by Gasteiger charge is 2.40. The molecule has 0 fully saturated rings. The van der Waals surface area contributed by atoms with Crippen LogP contribution in [0.25, 0.3) is 0 Å². The van der Waals surface area contributed by atoms with E-state index in [4.69, 9.17) is 4.74 Å². The van der Waals surface area contributed by atoms with E-state index in [0.717, 1.165) is 33.7 Å². The molecule has 0 spiro atoms. The van der Waals surface area contributed by atoms with E-state index in [-0.39, 0.29) is 11.8 Å². The lowest BCUT2D eigenvalue weighted by Crippen LogP contribution is -2.36. The number of carbonyl (C=O) groups excluding carboxylic acids is 2. The van der Waals surface area contributed by atoms with Gasteiger partial charge in [-0.15, -0.1) is 0 Å². The molecule has 0 aromatic heterocycles. The number of anilines is 1. The molecule has 1 atom stereocenters. The van der Waals surface area contributed by atoms with Crippen LogP contribution in [0.5, 0.6) is 5.75 Å². The highest BCUT2D eigenvalue weighted by atomic mass is 16.5. The monoisotopic (exact) mass is 338 g/mol. The van der Waals surface area contributed by atoms with Crippen molar-refractivity contribution in [3.8, 4) is 5.75 Å². The van der Waals surface area contributed by atoms with Crippen LogP contribution in [-0.2, 0) is 16.1 Å². The summed E-state index contributed by atoms with van der Waals surface area (Å²) in [6.45, 7) is 5.78. The quantitative estimate of drug-likeness (QED) is 0.932. The fourth-order valence-electron chi connectivity index (χ4n) is 3.43. The van der Waals surface area contributed by atoms with Crippen LogP contribution in [0, 0.1) is 13.8 Å². The van der Waals surface area contributed by atoms with Crippen LogP contribution in [-0.4, -0.2) is 18.9 Å². The van der Waals surface area contributed by atoms with Crippen LogP contribution in [0.15, 0.2) is 36.4 Å². The minimum Gasteiger partial charge on any atom is -0.496 e. The number of rotatable bonds is 4. The van der Waals surface area contributed by atoms with Crippen LogP contribution < -0.4 is 15.0 Å². The summed E-state index contributed by atoms with van der Waals surface area (Å²) in [5.41, 5.74) is 4.70. The summed E-state index contributed by atoms with van der Waals surface area (Å²) in [6, 6.07) is 11.0. The van der Waals surface area contributed by atoms with Crippen LogP contribution in [0.1, 0.15) is 35.2 Å². The van der Waals surface area contributed by atoms with Gasteiger partial charge in [0.05, 0.1) is 19.3 Å². The zero-order valence-electron chi connectivity index (χ0n) is 14.9. The fraction of sp³-hybridized carbons (Fsp3) is 0.300. The zero-order valence-corrected chi connectivity index (χ0v) is 14.9. The maximum atomic E-state index is 13.1. The smallest absolute Gasteiger partial charge is 0.254 e. The van der Waals surface area contributed by atoms with E-state index < -0.39 is 6.04 Å². The predicted molar refractivity (Wildman–Crippen MR) is 96.7 cm³/mol. The van der Waals surface area contributed by atoms with Gasteiger partial charge in [-0.25, -0.2) is 0 Å². The van der Waals surface area contributed by atoms with Crippen LogP contribution >= 0.6 is 0 Å². The van der Waals surface area contributed by atoms with Crippen LogP contribution in [0.2, 0.25) is 0 Å². The standard InChI is InChI=1S/C20H22N2O3/c1-12-9-10-13(2)19-17(12)18(21-14(3)23)20(24)22(19)11-15-7-5-6-8-16(15)25-4/h5-10,18H,11H2,1-4H3,(H,21,23)/t18-/m1/s1. The molecule has 1 N–H and O–H groups in total. The van der Waals surface area contributed by atoms with Gasteiger partial charge in [0.25, 0.3) is 5.91 Å². The molecule has 0 saturated carbocycles. The number of nitrogens with zero attached hydrogens (tertiary/aromatic N) is 1. The number of para-hydroxylation sites is 1. The number of nitrogens with one attached hydrogen (secondary N) is 1. The lowest BCUT2D eigenvalue weighted by atomic mass is 9.99. The Morgan fingerprint density at radius 1 is 1.16 bits per heavy atom. The molecule has 1 aliphatic heterocycles. The number of fused-ring (bicyclic) bond motifs is 1. The normalized spacial score (nSPS) is 15.9. The molecule has 5 nitrogen and oxygen atoms in total. The molecular formula is C20H22N2O3. The second kappa shape index (κ2) is 6.59. The highest BCUT2D eigenvalue weighted by Crippen LogP contribution is 2.41. The molecule has 2 amide bonds. The van der Waals surface area contributed by atoms with E-state index in [0.29, 0.717) is 6.54 Å². The Bertz CT molecular complexity index is 845. The molecule has 3 rings (SSSR count). The minimum atomic E-state index is -0.637. The Labute approximate surface area is 147 Å². The average molecular weight is 338 g/mol. The number of ether oxygens (including phenoxy) is 1. The third-order valence-corrected chi connectivity index (χ3v) is 4.58. The largest absolute Gasteiger partial charge is 0.496 e. The second-order valence-corrected chi connectivity index (χ2v) is 6.33. The molecule has 1 aliphatic rings. The van der Waals surface area contributed by atoms with Gasteiger partial charge in [-0.3, -0.25) is 9.59 Å². The van der Waals surface area contributed by atoms with Gasteiger partial charge < -0.3 is 15.0 Å². The van der Waals surface area contributed by atoms with Gasteiger partial charge in [0.1, 0.15) is 11.8 Å². The van der Waals surface area contributed by atoms with Gasteiger partial charge in [0.15, 0.2) is 0 Å². The summed E-state index contributed by atoms with van der Waals surface area (Å²) in [6.07, 6.45) is 0. The zero-order chi connectivity index (χ0) is 18.1. The predicted octanol–water partition coefficient (Wildman–Crippen LogP) is 3.04. The van der Waals surface area contributed by atoms with Crippen LogP contribution in [0.3, 0.4) is 0 Å². The molecule has 0 bridgehead atoms. The first-order valence-electron chi connectivity index (χ1n) is 8.24. The SMILES string of the molecule is COc1ccccc1CN1C(=O)[C@H](NC(C)=O)c2c(C)ccc(C)c21. The Hall–Kier alpha value is -2.82. The molecule has 2 aromatic rings. The maximum absolute atomic E-state index is 13.1. The van der Waals surface area contributed by atoms with Crippen molar-refractivity contribution in [2.24, 2.45) is 0 Å². The van der Waals surface area contributed by atoms with Crippen molar-refractivity contribution < 1.29 is 14.3 Å². The lowest BCUT2D eigenvalue weighted by Gasteiger charge is -2.21. The molecule has 5 heteroatoms. The Morgan fingerprint density at radius 3 is 2.52 bits per heavy atom. The molecular weight excluding hydrogens is 316 g/mol. The Kier molecular flexibility index (Phi) is 4.49. The van der Waals surface area contributed by atoms with Gasteiger partial charge in [0.2, 0.25) is 5.91 Å². The van der Waals surface area contributed by atoms with E-state index in [2.05, 4.69) is 5.32 Å². The summed E-state index contributed by atoms with van der Waals surface area (Å²) in [5.74, 6) is 0.406. The van der Waals surface area contributed by atoms with Crippen molar-refractivity contribution in [2.45, 2.75) is 33.4 Å². The summed E-state index contributed by atoms with van der Waals surface area (Å²) in [4.78, 5) is 26.4. The van der Waals surface area contributed by atoms with E-state index in [9.17, 15) is 9.59 Å². The molecule has 0 radical (unpaired) electrons. The maximum Gasteiger partial charge on any atom is 0.254 e. The van der Waals surface area contributed by atoms with Crippen molar-refractivity contribution in [2.75, 3.05) is 12.0 Å². The highest BCUT2D eigenvalue weighted by molar-refractivity contribution is 6.07. The number of aryl methyl sites for hydroxylation is 2. The Morgan fingerprint density at radius 2 is 1.84 bits per heavy atom. The number of hydrogen-bond acceptors (Lipinski definition) is 3. The van der Waals surface area contributed by atoms with Gasteiger partial charge >= 0.3 is 0 Å². The van der Waals surface area contributed by atoms with Crippen molar-refractivity contribution >= 4 is 17.5 Å². The summed E-state index contributed by atoms with van der Waals surface area (Å²) in [5, 5.41) is 2.80. The van der Waals surface area contributed by atoms with Gasteiger partial charge in [-0.1, -0.05) is 30.3 Å². The first-order chi connectivity index (χ1) is 11.9. The number of methoxy groups -OCH3 is 1. The number of carbonyl (C=O) groups is 2. The van der Waals surface area contributed by atoms with E-state index in [1.807, 2.05) is 50.2 Å². The summed E-state index contributed by atoms with van der Waals surface area (Å²) in [7, 11) is 1.62. The van der Waals surface area contributed by atoms with Crippen LogP contribution in [0.4, 0.5) is 5.69 Å². The fourth-order valence-corrected chi connectivity index (χ4v) is 3.43. The molecule has 2 aromatic carbocycles. The molecule has 0 aliphatic carbocycles. The van der Waals surface area contributed by atoms with Crippen molar-refractivity contribution in [3.63, 3.8) is 0 Å². The molecule has 0 saturated heterocycles. The number of benzene rings is 2.